The quantitative estimate of drug-likeness (QED) is 0.378. The summed E-state index contributed by atoms with van der Waals surface area (Å²) in [6, 6.07) is 15.3. The molecule has 1 fully saturated rings. The number of aromatic nitrogens is 2. The molecule has 4 aromatic rings. The number of pyridine rings is 1. The van der Waals surface area contributed by atoms with E-state index in [4.69, 9.17) is 9.47 Å². The summed E-state index contributed by atoms with van der Waals surface area (Å²) in [5, 5.41) is 3.63. The molecular weight excluding hydrogens is 456 g/mol. The van der Waals surface area contributed by atoms with Crippen LogP contribution in [0.4, 0.5) is 10.5 Å². The first kappa shape index (κ1) is 23.4. The Balaban J connectivity index is 1.58. The average Bonchev–Trinajstić information content (AvgIpc) is 3.36. The highest BCUT2D eigenvalue weighted by Gasteiger charge is 2.23. The molecule has 36 heavy (non-hydrogen) atoms. The van der Waals surface area contributed by atoms with Gasteiger partial charge in [0.25, 0.3) is 5.91 Å². The highest BCUT2D eigenvalue weighted by Crippen LogP contribution is 2.36. The van der Waals surface area contributed by atoms with Crippen molar-refractivity contribution in [3.8, 4) is 28.0 Å². The first-order chi connectivity index (χ1) is 17.6. The molecule has 5 rings (SSSR count). The molecule has 2 amide bonds. The normalized spacial score (nSPS) is 13.4. The Hall–Kier alpha value is -4.33. The summed E-state index contributed by atoms with van der Waals surface area (Å²) >= 11 is 0. The Morgan fingerprint density at radius 1 is 0.972 bits per heavy atom. The lowest BCUT2D eigenvalue weighted by atomic mass is 9.99. The van der Waals surface area contributed by atoms with E-state index in [9.17, 15) is 9.59 Å². The second-order valence-corrected chi connectivity index (χ2v) is 8.75. The second-order valence-electron chi connectivity index (χ2n) is 8.75. The summed E-state index contributed by atoms with van der Waals surface area (Å²) in [6.07, 6.45) is 6.16. The van der Waals surface area contributed by atoms with Crippen LogP contribution in [0.15, 0.2) is 60.9 Å². The van der Waals surface area contributed by atoms with Gasteiger partial charge in [-0.2, -0.15) is 0 Å². The van der Waals surface area contributed by atoms with E-state index in [0.717, 1.165) is 58.3 Å². The molecule has 8 heteroatoms. The van der Waals surface area contributed by atoms with Crippen LogP contribution >= 0.6 is 0 Å². The van der Waals surface area contributed by atoms with Crippen LogP contribution < -0.4 is 10.1 Å². The zero-order chi connectivity index (χ0) is 25.1. The smallest absolute Gasteiger partial charge is 0.411 e. The van der Waals surface area contributed by atoms with Crippen molar-refractivity contribution in [2.75, 3.05) is 32.6 Å². The number of hydrogen-bond acceptors (Lipinski definition) is 5. The Kier molecular flexibility index (Phi) is 6.58. The van der Waals surface area contributed by atoms with Crippen molar-refractivity contribution in [3.63, 3.8) is 0 Å². The highest BCUT2D eigenvalue weighted by atomic mass is 16.5. The SMILES string of the molecule is COC(=O)Nc1ccc(-c2cnc3[nH]cc(-c4ccccc4OC)c3c2)cc1C(=O)N1CCCCC1. The molecule has 2 aromatic heterocycles. The van der Waals surface area contributed by atoms with Crippen LogP contribution in [0.3, 0.4) is 0 Å². The highest BCUT2D eigenvalue weighted by molar-refractivity contribution is 6.04. The third-order valence-corrected chi connectivity index (χ3v) is 6.58. The van der Waals surface area contributed by atoms with Gasteiger partial charge in [0.15, 0.2) is 0 Å². The number of rotatable bonds is 5. The van der Waals surface area contributed by atoms with Crippen LogP contribution in [0, 0.1) is 0 Å². The fraction of sp³-hybridized carbons (Fsp3) is 0.250. The number of aromatic amines is 1. The maximum Gasteiger partial charge on any atom is 0.411 e. The number of anilines is 1. The van der Waals surface area contributed by atoms with Crippen LogP contribution in [0.1, 0.15) is 29.6 Å². The third kappa shape index (κ3) is 4.49. The molecule has 0 atom stereocenters. The van der Waals surface area contributed by atoms with Gasteiger partial charge in [0, 0.05) is 47.6 Å². The van der Waals surface area contributed by atoms with Gasteiger partial charge in [0.2, 0.25) is 0 Å². The number of carbonyl (C=O) groups excluding carboxylic acids is 2. The number of amides is 2. The molecule has 0 bridgehead atoms. The second kappa shape index (κ2) is 10.1. The molecule has 2 aromatic carbocycles. The van der Waals surface area contributed by atoms with E-state index >= 15 is 0 Å². The fourth-order valence-corrected chi connectivity index (χ4v) is 4.69. The maximum atomic E-state index is 13.5. The zero-order valence-corrected chi connectivity index (χ0v) is 20.3. The topological polar surface area (TPSA) is 96.5 Å². The molecule has 8 nitrogen and oxygen atoms in total. The summed E-state index contributed by atoms with van der Waals surface area (Å²) in [7, 11) is 2.95. The summed E-state index contributed by atoms with van der Waals surface area (Å²) in [4.78, 5) is 35.1. The van der Waals surface area contributed by atoms with Gasteiger partial charge < -0.3 is 19.4 Å². The summed E-state index contributed by atoms with van der Waals surface area (Å²) in [5.41, 5.74) is 5.23. The Bertz CT molecular complexity index is 1420. The van der Waals surface area contributed by atoms with Gasteiger partial charge in [-0.1, -0.05) is 24.3 Å². The van der Waals surface area contributed by atoms with Crippen LogP contribution in [-0.4, -0.2) is 54.2 Å². The van der Waals surface area contributed by atoms with Crippen molar-refractivity contribution in [1.29, 1.82) is 0 Å². The number of likely N-dealkylation sites (tertiary alicyclic amines) is 1. The Labute approximate surface area is 209 Å². The molecule has 1 aliphatic rings. The van der Waals surface area contributed by atoms with Crippen LogP contribution in [0.25, 0.3) is 33.3 Å². The number of methoxy groups -OCH3 is 2. The van der Waals surface area contributed by atoms with E-state index in [1.165, 1.54) is 7.11 Å². The maximum absolute atomic E-state index is 13.5. The van der Waals surface area contributed by atoms with Gasteiger partial charge in [-0.15, -0.1) is 0 Å². The largest absolute Gasteiger partial charge is 0.496 e. The molecule has 2 N–H and O–H groups in total. The number of hydrogen-bond donors (Lipinski definition) is 2. The summed E-state index contributed by atoms with van der Waals surface area (Å²) in [5.74, 6) is 0.671. The predicted octanol–water partition coefficient (Wildman–Crippen LogP) is 5.71. The van der Waals surface area contributed by atoms with Crippen LogP contribution in [0.5, 0.6) is 5.75 Å². The van der Waals surface area contributed by atoms with Crippen molar-refractivity contribution < 1.29 is 19.1 Å². The third-order valence-electron chi connectivity index (χ3n) is 6.58. The number of benzene rings is 2. The molecule has 0 aliphatic carbocycles. The fourth-order valence-electron chi connectivity index (χ4n) is 4.69. The lowest BCUT2D eigenvalue weighted by Gasteiger charge is -2.27. The van der Waals surface area contributed by atoms with E-state index in [-0.39, 0.29) is 5.91 Å². The Morgan fingerprint density at radius 3 is 2.56 bits per heavy atom. The molecule has 3 heterocycles. The van der Waals surface area contributed by atoms with Crippen molar-refractivity contribution in [1.82, 2.24) is 14.9 Å². The van der Waals surface area contributed by atoms with Gasteiger partial charge in [-0.3, -0.25) is 10.1 Å². The molecular formula is C28H28N4O4. The van der Waals surface area contributed by atoms with E-state index in [0.29, 0.717) is 24.3 Å². The lowest BCUT2D eigenvalue weighted by molar-refractivity contribution is 0.0725. The number of fused-ring (bicyclic) bond motifs is 1. The standard InChI is InChI=1S/C28H28N4O4/c1-35-25-9-5-4-8-20(25)23-17-30-26-21(23)15-19(16-29-26)18-10-11-24(31-28(34)36-2)22(14-18)27(33)32-12-6-3-7-13-32/h4-5,8-11,14-17H,3,6-7,12-13H2,1-2H3,(H,29,30)(H,31,34). The average molecular weight is 485 g/mol. The van der Waals surface area contributed by atoms with Gasteiger partial charge in [-0.25, -0.2) is 9.78 Å². The van der Waals surface area contributed by atoms with E-state index in [2.05, 4.69) is 21.4 Å². The number of carbonyl (C=O) groups is 2. The molecule has 0 saturated carbocycles. The molecule has 184 valence electrons. The zero-order valence-electron chi connectivity index (χ0n) is 20.3. The van der Waals surface area contributed by atoms with Crippen molar-refractivity contribution >= 4 is 28.7 Å². The number of nitrogens with zero attached hydrogens (tertiary/aromatic N) is 2. The van der Waals surface area contributed by atoms with Crippen molar-refractivity contribution in [3.05, 3.63) is 66.5 Å². The molecule has 1 aliphatic heterocycles. The van der Waals surface area contributed by atoms with Crippen LogP contribution in [-0.2, 0) is 4.74 Å². The number of nitrogens with one attached hydrogen (secondary N) is 2. The lowest BCUT2D eigenvalue weighted by Crippen LogP contribution is -2.36. The van der Waals surface area contributed by atoms with Gasteiger partial charge in [-0.05, 0) is 49.1 Å². The minimum Gasteiger partial charge on any atom is -0.496 e. The van der Waals surface area contributed by atoms with Crippen LogP contribution in [0.2, 0.25) is 0 Å². The van der Waals surface area contributed by atoms with E-state index in [1.54, 1.807) is 19.4 Å². The summed E-state index contributed by atoms with van der Waals surface area (Å²) in [6.45, 7) is 1.42. The van der Waals surface area contributed by atoms with Gasteiger partial charge in [0.05, 0.1) is 25.5 Å². The minimum absolute atomic E-state index is 0.103. The Morgan fingerprint density at radius 2 is 1.78 bits per heavy atom. The monoisotopic (exact) mass is 484 g/mol. The number of para-hydroxylation sites is 1. The van der Waals surface area contributed by atoms with Gasteiger partial charge >= 0.3 is 6.09 Å². The number of piperidine rings is 1. The molecule has 1 saturated heterocycles. The number of H-pyrrole nitrogens is 1. The van der Waals surface area contributed by atoms with Gasteiger partial charge in [0.1, 0.15) is 11.4 Å². The van der Waals surface area contributed by atoms with Crippen molar-refractivity contribution in [2.24, 2.45) is 0 Å². The van der Waals surface area contributed by atoms with E-state index in [1.807, 2.05) is 47.5 Å². The predicted molar refractivity (Wildman–Crippen MR) is 139 cm³/mol. The minimum atomic E-state index is -0.618. The summed E-state index contributed by atoms with van der Waals surface area (Å²) < 4.78 is 10.3. The number of ether oxygens (including phenoxy) is 2. The molecule has 0 spiro atoms. The first-order valence-corrected chi connectivity index (χ1v) is 12.0. The molecule has 0 unspecified atom stereocenters. The van der Waals surface area contributed by atoms with E-state index < -0.39 is 6.09 Å². The first-order valence-electron chi connectivity index (χ1n) is 12.0. The molecule has 0 radical (unpaired) electrons. The van der Waals surface area contributed by atoms with Crippen molar-refractivity contribution in [2.45, 2.75) is 19.3 Å².